The average molecular weight is 606 g/mol. The van der Waals surface area contributed by atoms with Crippen LogP contribution in [0.4, 0.5) is 0 Å². The third-order valence-electron chi connectivity index (χ3n) is 11.2. The number of aromatic nitrogens is 2. The van der Waals surface area contributed by atoms with Gasteiger partial charge in [0.05, 0.1) is 17.3 Å². The van der Waals surface area contributed by atoms with Crippen LogP contribution >= 0.6 is 0 Å². The van der Waals surface area contributed by atoms with Gasteiger partial charge in [0.1, 0.15) is 0 Å². The number of pyridine rings is 1. The van der Waals surface area contributed by atoms with E-state index in [2.05, 4.69) is 151 Å². The predicted octanol–water partition coefficient (Wildman–Crippen LogP) is 10.3. The Kier molecular flexibility index (Phi) is 5.72. The van der Waals surface area contributed by atoms with Crippen molar-refractivity contribution in [3.63, 3.8) is 0 Å². The molecule has 0 radical (unpaired) electrons. The van der Waals surface area contributed by atoms with Crippen molar-refractivity contribution in [1.29, 1.82) is 0 Å². The SMILES string of the molecule is CC1c2c3c4c5c(cccc5ccc4n2C2=C(c4ccccc4)N(C)C4C=CC=CC4C2)-c2ccccc2C3=CC1c1ccccn1. The van der Waals surface area contributed by atoms with E-state index in [1.165, 1.54) is 72.2 Å². The average Bonchev–Trinajstić information content (AvgIpc) is 3.42. The highest BCUT2D eigenvalue weighted by molar-refractivity contribution is 6.23. The predicted molar refractivity (Wildman–Crippen MR) is 195 cm³/mol. The van der Waals surface area contributed by atoms with Crippen molar-refractivity contribution in [3.8, 4) is 11.1 Å². The molecule has 0 N–H and O–H groups in total. The molecule has 4 atom stereocenters. The van der Waals surface area contributed by atoms with Crippen LogP contribution in [0.1, 0.15) is 53.3 Å². The van der Waals surface area contributed by atoms with Crippen LogP contribution in [0.15, 0.2) is 140 Å². The molecule has 4 unspecified atom stereocenters. The van der Waals surface area contributed by atoms with E-state index in [9.17, 15) is 0 Å². The second kappa shape index (κ2) is 10.0. The summed E-state index contributed by atoms with van der Waals surface area (Å²) < 4.78 is 2.70. The molecule has 3 heteroatoms. The maximum Gasteiger partial charge on any atom is 0.0644 e. The molecule has 226 valence electrons. The highest BCUT2D eigenvalue weighted by atomic mass is 15.2. The molecule has 4 aliphatic rings. The van der Waals surface area contributed by atoms with Crippen molar-refractivity contribution in [2.45, 2.75) is 31.2 Å². The Hall–Kier alpha value is -5.41. The Morgan fingerprint density at radius 3 is 2.36 bits per heavy atom. The Balaban J connectivity index is 1.39. The van der Waals surface area contributed by atoms with Crippen molar-refractivity contribution in [3.05, 3.63) is 168 Å². The topological polar surface area (TPSA) is 21.1 Å². The van der Waals surface area contributed by atoms with Crippen molar-refractivity contribution < 1.29 is 0 Å². The maximum absolute atomic E-state index is 4.96. The number of hydrogen-bond donors (Lipinski definition) is 0. The van der Waals surface area contributed by atoms with Gasteiger partial charge in [0.25, 0.3) is 0 Å². The summed E-state index contributed by atoms with van der Waals surface area (Å²) in [6, 6.07) is 38.3. The summed E-state index contributed by atoms with van der Waals surface area (Å²) in [5.74, 6) is 0.738. The minimum absolute atomic E-state index is 0.138. The molecule has 0 spiro atoms. The Morgan fingerprint density at radius 1 is 0.723 bits per heavy atom. The van der Waals surface area contributed by atoms with Crippen LogP contribution < -0.4 is 0 Å². The maximum atomic E-state index is 4.96. The van der Waals surface area contributed by atoms with E-state index < -0.39 is 0 Å². The molecule has 0 bridgehead atoms. The summed E-state index contributed by atoms with van der Waals surface area (Å²) in [4.78, 5) is 7.49. The van der Waals surface area contributed by atoms with Gasteiger partial charge >= 0.3 is 0 Å². The molecule has 47 heavy (non-hydrogen) atoms. The fraction of sp³-hybridized carbons (Fsp3) is 0.159. The van der Waals surface area contributed by atoms with Crippen LogP contribution in [0.3, 0.4) is 0 Å². The highest BCUT2D eigenvalue weighted by Crippen LogP contribution is 2.56. The lowest BCUT2D eigenvalue weighted by Crippen LogP contribution is -2.40. The molecule has 10 rings (SSSR count). The number of rotatable bonds is 3. The summed E-state index contributed by atoms with van der Waals surface area (Å²) in [5.41, 5.74) is 14.4. The number of benzene rings is 4. The van der Waals surface area contributed by atoms with Crippen molar-refractivity contribution in [2.24, 2.45) is 5.92 Å². The Labute approximate surface area is 275 Å². The fourth-order valence-electron chi connectivity index (χ4n) is 9.15. The van der Waals surface area contributed by atoms with E-state index in [1.54, 1.807) is 0 Å². The lowest BCUT2D eigenvalue weighted by Gasteiger charge is -2.43. The standard InChI is InChI=1S/C44H35N3/c1-27-34(36-20-10-11-24-45-36)26-35-32-18-8-7-17-31(32)33-19-12-16-28-22-23-38-42(40(28)33)41(35)43(27)47(38)39-25-30-15-6-9-21-37(30)46(2)44(39)29-13-4-3-5-14-29/h3-24,26-27,30,34,37H,25H2,1-2H3. The zero-order chi connectivity index (χ0) is 31.2. The molecule has 0 saturated heterocycles. The smallest absolute Gasteiger partial charge is 0.0644 e. The third-order valence-corrected chi connectivity index (χ3v) is 11.2. The first-order valence-corrected chi connectivity index (χ1v) is 16.9. The first-order valence-electron chi connectivity index (χ1n) is 16.9. The molecule has 0 amide bonds. The van der Waals surface area contributed by atoms with E-state index in [0.717, 1.165) is 12.1 Å². The summed E-state index contributed by atoms with van der Waals surface area (Å²) >= 11 is 0. The van der Waals surface area contributed by atoms with Crippen molar-refractivity contribution in [1.82, 2.24) is 14.5 Å². The summed E-state index contributed by atoms with van der Waals surface area (Å²) in [6.45, 7) is 2.43. The fourth-order valence-corrected chi connectivity index (χ4v) is 9.15. The van der Waals surface area contributed by atoms with Gasteiger partial charge in [0, 0.05) is 59.0 Å². The van der Waals surface area contributed by atoms with E-state index in [-0.39, 0.29) is 11.8 Å². The van der Waals surface area contributed by atoms with Gasteiger partial charge < -0.3 is 9.47 Å². The largest absolute Gasteiger partial charge is 0.366 e. The molecule has 3 nitrogen and oxygen atoms in total. The second-order valence-electron chi connectivity index (χ2n) is 13.6. The third kappa shape index (κ3) is 3.71. The summed E-state index contributed by atoms with van der Waals surface area (Å²) in [6.07, 6.45) is 14.7. The van der Waals surface area contributed by atoms with E-state index in [4.69, 9.17) is 4.98 Å². The van der Waals surface area contributed by atoms with Crippen LogP contribution in [0.5, 0.6) is 0 Å². The summed E-state index contributed by atoms with van der Waals surface area (Å²) in [7, 11) is 2.29. The van der Waals surface area contributed by atoms with E-state index in [0.29, 0.717) is 12.0 Å². The second-order valence-corrected chi connectivity index (χ2v) is 13.6. The zero-order valence-corrected chi connectivity index (χ0v) is 26.6. The molecule has 1 aliphatic heterocycles. The quantitative estimate of drug-likeness (QED) is 0.200. The minimum Gasteiger partial charge on any atom is -0.366 e. The van der Waals surface area contributed by atoms with Crippen LogP contribution in [-0.2, 0) is 0 Å². The number of fused-ring (bicyclic) bond motifs is 4. The van der Waals surface area contributed by atoms with Gasteiger partial charge in [-0.25, -0.2) is 0 Å². The number of likely N-dealkylation sites (N-methyl/N-ethyl adjacent to an activating group) is 1. The molecule has 0 fully saturated rings. The number of hydrogen-bond acceptors (Lipinski definition) is 2. The van der Waals surface area contributed by atoms with Gasteiger partial charge in [-0.05, 0) is 63.2 Å². The molecule has 6 aromatic rings. The number of nitrogens with zero attached hydrogens (tertiary/aromatic N) is 3. The van der Waals surface area contributed by atoms with Gasteiger partial charge in [-0.15, -0.1) is 0 Å². The van der Waals surface area contributed by atoms with Gasteiger partial charge in [-0.3, -0.25) is 4.98 Å². The van der Waals surface area contributed by atoms with Gasteiger partial charge in [0.2, 0.25) is 0 Å². The van der Waals surface area contributed by atoms with Crippen LogP contribution in [0.25, 0.3) is 49.8 Å². The van der Waals surface area contributed by atoms with Crippen molar-refractivity contribution >= 4 is 38.6 Å². The first kappa shape index (κ1) is 26.8. The Morgan fingerprint density at radius 2 is 1.51 bits per heavy atom. The van der Waals surface area contributed by atoms with Gasteiger partial charge in [0.15, 0.2) is 0 Å². The van der Waals surface area contributed by atoms with Crippen molar-refractivity contribution in [2.75, 3.05) is 7.05 Å². The normalized spacial score (nSPS) is 22.4. The monoisotopic (exact) mass is 605 g/mol. The van der Waals surface area contributed by atoms with Gasteiger partial charge in [-0.2, -0.15) is 0 Å². The van der Waals surface area contributed by atoms with E-state index >= 15 is 0 Å². The van der Waals surface area contributed by atoms with E-state index in [1.807, 2.05) is 12.3 Å². The minimum atomic E-state index is 0.138. The highest BCUT2D eigenvalue weighted by Gasteiger charge is 2.41. The van der Waals surface area contributed by atoms with Crippen LogP contribution in [-0.4, -0.2) is 27.5 Å². The first-order chi connectivity index (χ1) is 23.2. The number of allylic oxidation sites excluding steroid dienone is 4. The van der Waals surface area contributed by atoms with Crippen LogP contribution in [0, 0.1) is 5.92 Å². The lowest BCUT2D eigenvalue weighted by atomic mass is 9.76. The molecule has 2 aromatic heterocycles. The molecular weight excluding hydrogens is 571 g/mol. The molecule has 0 saturated carbocycles. The Bertz CT molecular complexity index is 2370. The molecule has 3 aliphatic carbocycles. The van der Waals surface area contributed by atoms with Gasteiger partial charge in [-0.1, -0.05) is 122 Å². The molecule has 3 heterocycles. The van der Waals surface area contributed by atoms with Crippen LogP contribution in [0.2, 0.25) is 0 Å². The molecular formula is C44H35N3. The lowest BCUT2D eigenvalue weighted by molar-refractivity contribution is 0.315. The summed E-state index contributed by atoms with van der Waals surface area (Å²) in [5, 5.41) is 4.04. The molecule has 4 aromatic carbocycles. The zero-order valence-electron chi connectivity index (χ0n) is 26.6.